The molecule has 0 spiro atoms. The van der Waals surface area contributed by atoms with Gasteiger partial charge in [0.2, 0.25) is 0 Å². The second-order valence-electron chi connectivity index (χ2n) is 3.29. The van der Waals surface area contributed by atoms with E-state index in [1.807, 2.05) is 13.2 Å². The SMILES string of the molecule is CSc1ncc2c(n1)C(C)CNOC2=O. The Morgan fingerprint density at radius 3 is 3.20 bits per heavy atom. The maximum absolute atomic E-state index is 11.5. The minimum atomic E-state index is -0.415. The van der Waals surface area contributed by atoms with Crippen molar-refractivity contribution >= 4 is 17.7 Å². The van der Waals surface area contributed by atoms with Crippen molar-refractivity contribution in [3.8, 4) is 0 Å². The van der Waals surface area contributed by atoms with Gasteiger partial charge in [-0.15, -0.1) is 0 Å². The van der Waals surface area contributed by atoms with Crippen LogP contribution in [0.5, 0.6) is 0 Å². The van der Waals surface area contributed by atoms with Crippen LogP contribution in [-0.4, -0.2) is 28.7 Å². The van der Waals surface area contributed by atoms with Crippen LogP contribution in [0, 0.1) is 0 Å². The van der Waals surface area contributed by atoms with Gasteiger partial charge in [-0.05, 0) is 6.26 Å². The summed E-state index contributed by atoms with van der Waals surface area (Å²) >= 11 is 1.46. The van der Waals surface area contributed by atoms with Crippen LogP contribution < -0.4 is 5.48 Å². The normalized spacial score (nSPS) is 20.4. The minimum absolute atomic E-state index is 0.139. The number of nitrogens with zero attached hydrogens (tertiary/aromatic N) is 2. The van der Waals surface area contributed by atoms with Crippen LogP contribution >= 0.6 is 11.8 Å². The van der Waals surface area contributed by atoms with Gasteiger partial charge in [-0.2, -0.15) is 5.48 Å². The highest BCUT2D eigenvalue weighted by atomic mass is 32.2. The third-order valence-electron chi connectivity index (χ3n) is 2.22. The average Bonchev–Trinajstić information content (AvgIpc) is 2.40. The van der Waals surface area contributed by atoms with Crippen LogP contribution in [0.1, 0.15) is 28.9 Å². The summed E-state index contributed by atoms with van der Waals surface area (Å²) in [6.45, 7) is 2.56. The molecule has 0 fully saturated rings. The maximum Gasteiger partial charge on any atom is 0.360 e. The molecule has 0 aliphatic carbocycles. The van der Waals surface area contributed by atoms with Gasteiger partial charge in [-0.3, -0.25) is 0 Å². The molecule has 0 aromatic carbocycles. The number of nitrogens with one attached hydrogen (secondary N) is 1. The Labute approximate surface area is 91.6 Å². The molecule has 0 amide bonds. The zero-order valence-electron chi connectivity index (χ0n) is 8.48. The lowest BCUT2D eigenvalue weighted by Crippen LogP contribution is -2.19. The van der Waals surface area contributed by atoms with Gasteiger partial charge in [0.1, 0.15) is 5.56 Å². The molecule has 1 unspecified atom stereocenters. The van der Waals surface area contributed by atoms with E-state index in [0.29, 0.717) is 17.3 Å². The minimum Gasteiger partial charge on any atom is -0.367 e. The highest BCUT2D eigenvalue weighted by Gasteiger charge is 2.24. The molecule has 2 heterocycles. The fourth-order valence-electron chi connectivity index (χ4n) is 1.39. The zero-order chi connectivity index (χ0) is 10.8. The van der Waals surface area contributed by atoms with Crippen LogP contribution in [0.3, 0.4) is 0 Å². The second-order valence-corrected chi connectivity index (χ2v) is 4.07. The first-order valence-electron chi connectivity index (χ1n) is 4.57. The van der Waals surface area contributed by atoms with E-state index >= 15 is 0 Å². The Kier molecular flexibility index (Phi) is 2.88. The predicted octanol–water partition coefficient (Wildman–Crippen LogP) is 0.977. The third kappa shape index (κ3) is 1.95. The van der Waals surface area contributed by atoms with Gasteiger partial charge in [0, 0.05) is 18.7 Å². The standard InChI is InChI=1S/C9H11N3O2S/c1-5-3-11-14-8(13)6-4-10-9(15-2)12-7(5)6/h4-5,11H,3H2,1-2H3. The lowest BCUT2D eigenvalue weighted by Gasteiger charge is -2.08. The average molecular weight is 225 g/mol. The van der Waals surface area contributed by atoms with Crippen molar-refractivity contribution in [2.45, 2.75) is 18.0 Å². The molecule has 1 aromatic heterocycles. The van der Waals surface area contributed by atoms with Crippen molar-refractivity contribution in [3.05, 3.63) is 17.5 Å². The topological polar surface area (TPSA) is 64.1 Å². The van der Waals surface area contributed by atoms with E-state index in [1.54, 1.807) is 0 Å². The highest BCUT2D eigenvalue weighted by Crippen LogP contribution is 2.22. The third-order valence-corrected chi connectivity index (χ3v) is 2.78. The number of carbonyl (C=O) groups excluding carboxylic acids is 1. The maximum atomic E-state index is 11.5. The van der Waals surface area contributed by atoms with Crippen LogP contribution in [0.2, 0.25) is 0 Å². The Morgan fingerprint density at radius 1 is 1.67 bits per heavy atom. The smallest absolute Gasteiger partial charge is 0.360 e. The molecule has 2 rings (SSSR count). The summed E-state index contributed by atoms with van der Waals surface area (Å²) in [5, 5.41) is 0.676. The first-order chi connectivity index (χ1) is 7.22. The molecule has 0 radical (unpaired) electrons. The fourth-order valence-corrected chi connectivity index (χ4v) is 1.74. The van der Waals surface area contributed by atoms with Crippen LogP contribution in [0.15, 0.2) is 11.4 Å². The summed E-state index contributed by atoms with van der Waals surface area (Å²) < 4.78 is 0. The summed E-state index contributed by atoms with van der Waals surface area (Å²) in [5.41, 5.74) is 3.81. The van der Waals surface area contributed by atoms with Crippen molar-refractivity contribution < 1.29 is 9.63 Å². The highest BCUT2D eigenvalue weighted by molar-refractivity contribution is 7.98. The summed E-state index contributed by atoms with van der Waals surface area (Å²) in [6, 6.07) is 0. The number of thioether (sulfide) groups is 1. The van der Waals surface area contributed by atoms with Gasteiger partial charge in [0.05, 0.1) is 5.69 Å². The Hall–Kier alpha value is -1.14. The molecule has 80 valence electrons. The Balaban J connectivity index is 2.50. The van der Waals surface area contributed by atoms with E-state index in [9.17, 15) is 4.79 Å². The van der Waals surface area contributed by atoms with E-state index in [1.165, 1.54) is 18.0 Å². The van der Waals surface area contributed by atoms with Crippen molar-refractivity contribution in [3.63, 3.8) is 0 Å². The van der Waals surface area contributed by atoms with Gasteiger partial charge in [0.15, 0.2) is 5.16 Å². The summed E-state index contributed by atoms with van der Waals surface area (Å²) in [7, 11) is 0. The molecular formula is C9H11N3O2S. The van der Waals surface area contributed by atoms with Gasteiger partial charge in [-0.1, -0.05) is 18.7 Å². The van der Waals surface area contributed by atoms with Gasteiger partial charge in [0.25, 0.3) is 0 Å². The second kappa shape index (κ2) is 4.16. The van der Waals surface area contributed by atoms with E-state index in [-0.39, 0.29) is 5.92 Å². The summed E-state index contributed by atoms with van der Waals surface area (Å²) in [6.07, 6.45) is 3.43. The molecule has 1 aliphatic heterocycles. The number of carbonyl (C=O) groups is 1. The molecule has 0 saturated heterocycles. The molecule has 5 nitrogen and oxygen atoms in total. The predicted molar refractivity (Wildman–Crippen MR) is 55.6 cm³/mol. The van der Waals surface area contributed by atoms with E-state index < -0.39 is 5.97 Å². The lowest BCUT2D eigenvalue weighted by atomic mass is 10.0. The Morgan fingerprint density at radius 2 is 2.47 bits per heavy atom. The van der Waals surface area contributed by atoms with Gasteiger partial charge < -0.3 is 4.84 Å². The van der Waals surface area contributed by atoms with Crippen molar-refractivity contribution in [2.75, 3.05) is 12.8 Å². The molecule has 6 heteroatoms. The lowest BCUT2D eigenvalue weighted by molar-refractivity contribution is 0.0268. The van der Waals surface area contributed by atoms with Crippen LogP contribution in [-0.2, 0) is 4.84 Å². The number of hydroxylamine groups is 1. The molecule has 0 saturated carbocycles. The first-order valence-corrected chi connectivity index (χ1v) is 5.80. The van der Waals surface area contributed by atoms with Gasteiger partial charge in [-0.25, -0.2) is 14.8 Å². The van der Waals surface area contributed by atoms with Crippen molar-refractivity contribution in [2.24, 2.45) is 0 Å². The number of rotatable bonds is 1. The monoisotopic (exact) mass is 225 g/mol. The number of hydrogen-bond acceptors (Lipinski definition) is 6. The number of fused-ring (bicyclic) bond motifs is 1. The van der Waals surface area contributed by atoms with E-state index in [4.69, 9.17) is 4.84 Å². The van der Waals surface area contributed by atoms with E-state index in [2.05, 4.69) is 15.4 Å². The van der Waals surface area contributed by atoms with Crippen molar-refractivity contribution in [1.29, 1.82) is 0 Å². The molecule has 1 aromatic rings. The number of hydrogen-bond donors (Lipinski definition) is 1. The van der Waals surface area contributed by atoms with E-state index in [0.717, 1.165) is 5.69 Å². The quantitative estimate of drug-likeness (QED) is 0.567. The van der Waals surface area contributed by atoms with Crippen LogP contribution in [0.4, 0.5) is 0 Å². The molecule has 1 aliphatic rings. The summed E-state index contributed by atoms with van der Waals surface area (Å²) in [4.78, 5) is 24.7. The fraction of sp³-hybridized carbons (Fsp3) is 0.444. The molecule has 0 bridgehead atoms. The molecule has 15 heavy (non-hydrogen) atoms. The van der Waals surface area contributed by atoms with Crippen molar-refractivity contribution in [1.82, 2.24) is 15.4 Å². The Bertz CT molecular complexity index is 397. The molecule has 1 atom stereocenters. The zero-order valence-corrected chi connectivity index (χ0v) is 9.30. The number of aromatic nitrogens is 2. The van der Waals surface area contributed by atoms with Gasteiger partial charge >= 0.3 is 5.97 Å². The molecular weight excluding hydrogens is 214 g/mol. The molecule has 1 N–H and O–H groups in total. The summed E-state index contributed by atoms with van der Waals surface area (Å²) in [5.74, 6) is -0.276. The largest absolute Gasteiger partial charge is 0.367 e. The van der Waals surface area contributed by atoms with Crippen LogP contribution in [0.25, 0.3) is 0 Å². The first kappa shape index (κ1) is 10.4.